The van der Waals surface area contributed by atoms with Crippen LogP contribution in [0.25, 0.3) is 0 Å². The highest BCUT2D eigenvalue weighted by Crippen LogP contribution is 2.50. The van der Waals surface area contributed by atoms with Crippen LogP contribution in [0.3, 0.4) is 0 Å². The third kappa shape index (κ3) is 4.58. The first-order valence-electron chi connectivity index (χ1n) is 10.2. The fourth-order valence-corrected chi connectivity index (χ4v) is 4.41. The second-order valence-corrected chi connectivity index (χ2v) is 8.39. The van der Waals surface area contributed by atoms with Crippen molar-refractivity contribution in [2.45, 2.75) is 38.1 Å². The van der Waals surface area contributed by atoms with Crippen molar-refractivity contribution >= 4 is 11.9 Å². The van der Waals surface area contributed by atoms with Crippen LogP contribution in [0.5, 0.6) is 0 Å². The highest BCUT2D eigenvalue weighted by molar-refractivity contribution is 5.87. The van der Waals surface area contributed by atoms with Gasteiger partial charge in [-0.05, 0) is 60.6 Å². The fourth-order valence-electron chi connectivity index (χ4n) is 4.41. The number of benzene rings is 2. The summed E-state index contributed by atoms with van der Waals surface area (Å²) in [4.78, 5) is 26.1. The van der Waals surface area contributed by atoms with E-state index in [1.807, 2.05) is 11.8 Å². The van der Waals surface area contributed by atoms with Crippen molar-refractivity contribution in [3.63, 3.8) is 0 Å². The summed E-state index contributed by atoms with van der Waals surface area (Å²) in [5, 5.41) is 12.0. The first-order chi connectivity index (χ1) is 14.6. The molecule has 31 heavy (non-hydrogen) atoms. The van der Waals surface area contributed by atoms with Crippen LogP contribution in [0.4, 0.5) is 13.2 Å². The first-order valence-corrected chi connectivity index (χ1v) is 10.2. The minimum absolute atomic E-state index is 0.105. The zero-order chi connectivity index (χ0) is 22.3. The van der Waals surface area contributed by atoms with E-state index in [9.17, 15) is 22.8 Å². The summed E-state index contributed by atoms with van der Waals surface area (Å²) in [6.45, 7) is 3.02. The first kappa shape index (κ1) is 21.4. The molecule has 4 atom stereocenters. The van der Waals surface area contributed by atoms with Crippen molar-refractivity contribution in [2.75, 3.05) is 6.54 Å². The van der Waals surface area contributed by atoms with Crippen LogP contribution < -0.4 is 5.32 Å². The zero-order valence-electron chi connectivity index (χ0n) is 16.9. The van der Waals surface area contributed by atoms with Crippen molar-refractivity contribution in [3.8, 4) is 0 Å². The Labute approximate surface area is 177 Å². The van der Waals surface area contributed by atoms with E-state index in [0.717, 1.165) is 36.2 Å². The molecule has 0 aromatic heterocycles. The number of nitrogens with one attached hydrogen (secondary N) is 1. The van der Waals surface area contributed by atoms with Gasteiger partial charge in [0.1, 0.15) is 0 Å². The summed E-state index contributed by atoms with van der Waals surface area (Å²) in [6.07, 6.45) is -3.38. The third-order valence-corrected chi connectivity index (χ3v) is 6.20. The van der Waals surface area contributed by atoms with Crippen LogP contribution >= 0.6 is 0 Å². The number of carboxylic acids is 1. The van der Waals surface area contributed by atoms with Crippen LogP contribution in [0.2, 0.25) is 0 Å². The Hall–Kier alpha value is -2.87. The average Bonchev–Trinajstić information content (AvgIpc) is 3.37. The van der Waals surface area contributed by atoms with E-state index >= 15 is 0 Å². The molecule has 1 amide bonds. The molecule has 4 rings (SSSR count). The van der Waals surface area contributed by atoms with E-state index in [1.54, 1.807) is 12.1 Å². The quantitative estimate of drug-likeness (QED) is 0.721. The number of halogens is 3. The number of hydrogen-bond acceptors (Lipinski definition) is 3. The topological polar surface area (TPSA) is 69.6 Å². The number of nitrogens with zero attached hydrogens (tertiary/aromatic N) is 1. The van der Waals surface area contributed by atoms with E-state index in [1.165, 1.54) is 24.3 Å². The molecule has 0 radical (unpaired) electrons. The van der Waals surface area contributed by atoms with Gasteiger partial charge in [-0.3, -0.25) is 9.69 Å². The molecule has 1 heterocycles. The van der Waals surface area contributed by atoms with Gasteiger partial charge in [-0.25, -0.2) is 4.79 Å². The summed E-state index contributed by atoms with van der Waals surface area (Å²) >= 11 is 0. The second kappa shape index (κ2) is 8.00. The number of fused-ring (bicyclic) bond motifs is 1. The average molecular weight is 432 g/mol. The summed E-state index contributed by atoms with van der Waals surface area (Å²) in [5.74, 6) is -0.383. The molecule has 0 spiro atoms. The Balaban J connectivity index is 1.41. The van der Waals surface area contributed by atoms with Crippen LogP contribution in [0.1, 0.15) is 46.4 Å². The minimum atomic E-state index is -4.37. The number of hydrogen-bond donors (Lipinski definition) is 2. The molecule has 2 aromatic carbocycles. The van der Waals surface area contributed by atoms with Gasteiger partial charge in [-0.2, -0.15) is 13.2 Å². The monoisotopic (exact) mass is 432 g/mol. The minimum Gasteiger partial charge on any atom is -0.478 e. The molecule has 1 aliphatic heterocycles. The predicted octanol–water partition coefficient (Wildman–Crippen LogP) is 4.10. The Kier molecular flexibility index (Phi) is 5.51. The van der Waals surface area contributed by atoms with Crippen LogP contribution in [-0.2, 0) is 17.5 Å². The molecule has 5 nitrogen and oxygen atoms in total. The number of carboxylic acid groups (broad SMARTS) is 1. The Morgan fingerprint density at radius 2 is 1.77 bits per heavy atom. The smallest absolute Gasteiger partial charge is 0.416 e. The number of amides is 1. The number of piperidine rings is 1. The number of likely N-dealkylation sites (tertiary alicyclic amines) is 1. The predicted molar refractivity (Wildman–Crippen MR) is 107 cm³/mol. The standard InChI is InChI=1S/C23H23F3N2O3/c1-13(15-4-6-16(7-5-15)22(30)31)27-21(29)20-19-10-17(19)12-28(20)11-14-2-8-18(9-3-14)23(24,25)26/h2-9,13,17,19-20H,10-12H2,1H3,(H,27,29)(H,30,31). The molecular formula is C23H23F3N2O3. The lowest BCUT2D eigenvalue weighted by Crippen LogP contribution is -2.46. The molecule has 8 heteroatoms. The highest BCUT2D eigenvalue weighted by atomic mass is 19.4. The maximum absolute atomic E-state index is 13.0. The number of aromatic carboxylic acids is 1. The molecule has 2 N–H and O–H groups in total. The summed E-state index contributed by atoms with van der Waals surface area (Å²) in [5.41, 5.74) is 1.04. The van der Waals surface area contributed by atoms with Crippen LogP contribution in [-0.4, -0.2) is 34.5 Å². The van der Waals surface area contributed by atoms with Crippen LogP contribution in [0.15, 0.2) is 48.5 Å². The van der Waals surface area contributed by atoms with Crippen molar-refractivity contribution in [3.05, 3.63) is 70.8 Å². The molecule has 1 saturated heterocycles. The van der Waals surface area contributed by atoms with Crippen molar-refractivity contribution in [1.29, 1.82) is 0 Å². The van der Waals surface area contributed by atoms with Gasteiger partial charge < -0.3 is 10.4 Å². The van der Waals surface area contributed by atoms with Gasteiger partial charge in [-0.1, -0.05) is 24.3 Å². The Morgan fingerprint density at radius 1 is 1.13 bits per heavy atom. The second-order valence-electron chi connectivity index (χ2n) is 8.39. The molecule has 1 aliphatic carbocycles. The Morgan fingerprint density at radius 3 is 2.35 bits per heavy atom. The van der Waals surface area contributed by atoms with Gasteiger partial charge in [0.25, 0.3) is 0 Å². The SMILES string of the molecule is CC(NC(=O)C1C2CC2CN1Cc1ccc(C(F)(F)F)cc1)c1ccc(C(=O)O)cc1. The van der Waals surface area contributed by atoms with Gasteiger partial charge in [0, 0.05) is 13.1 Å². The van der Waals surface area contributed by atoms with Gasteiger partial charge >= 0.3 is 12.1 Å². The van der Waals surface area contributed by atoms with Gasteiger partial charge in [-0.15, -0.1) is 0 Å². The van der Waals surface area contributed by atoms with E-state index in [4.69, 9.17) is 5.11 Å². The van der Waals surface area contributed by atoms with E-state index in [-0.39, 0.29) is 29.5 Å². The van der Waals surface area contributed by atoms with E-state index < -0.39 is 17.7 Å². The lowest BCUT2D eigenvalue weighted by molar-refractivity contribution is -0.137. The third-order valence-electron chi connectivity index (χ3n) is 6.20. The number of carbonyl (C=O) groups excluding carboxylic acids is 1. The van der Waals surface area contributed by atoms with Gasteiger partial charge in [0.2, 0.25) is 5.91 Å². The summed E-state index contributed by atoms with van der Waals surface area (Å²) in [7, 11) is 0. The normalized spacial score (nSPS) is 23.8. The van der Waals surface area contributed by atoms with E-state index in [0.29, 0.717) is 12.5 Å². The molecule has 2 aliphatic rings. The zero-order valence-corrected chi connectivity index (χ0v) is 16.9. The summed E-state index contributed by atoms with van der Waals surface area (Å²) in [6, 6.07) is 10.9. The molecule has 2 fully saturated rings. The molecule has 0 bridgehead atoms. The Bertz CT molecular complexity index is 973. The maximum atomic E-state index is 13.0. The van der Waals surface area contributed by atoms with Gasteiger partial charge in [0.05, 0.1) is 23.2 Å². The number of rotatable bonds is 6. The lowest BCUT2D eigenvalue weighted by Gasteiger charge is -2.28. The molecule has 1 saturated carbocycles. The largest absolute Gasteiger partial charge is 0.478 e. The molecule has 2 aromatic rings. The maximum Gasteiger partial charge on any atom is 0.416 e. The van der Waals surface area contributed by atoms with E-state index in [2.05, 4.69) is 5.32 Å². The number of carbonyl (C=O) groups is 2. The van der Waals surface area contributed by atoms with Crippen molar-refractivity contribution in [2.24, 2.45) is 11.8 Å². The van der Waals surface area contributed by atoms with Crippen LogP contribution in [0, 0.1) is 11.8 Å². The fraction of sp³-hybridized carbons (Fsp3) is 0.391. The molecule has 4 unspecified atom stereocenters. The molecular weight excluding hydrogens is 409 g/mol. The van der Waals surface area contributed by atoms with Crippen molar-refractivity contribution < 1.29 is 27.9 Å². The molecule has 164 valence electrons. The van der Waals surface area contributed by atoms with Crippen molar-refractivity contribution in [1.82, 2.24) is 10.2 Å². The highest BCUT2D eigenvalue weighted by Gasteiger charge is 2.55. The number of alkyl halides is 3. The van der Waals surface area contributed by atoms with Gasteiger partial charge in [0.15, 0.2) is 0 Å². The lowest BCUT2D eigenvalue weighted by atomic mass is 10.0. The summed E-state index contributed by atoms with van der Waals surface area (Å²) < 4.78 is 38.3.